The van der Waals surface area contributed by atoms with Gasteiger partial charge in [0.25, 0.3) is 5.91 Å². The predicted octanol–water partition coefficient (Wildman–Crippen LogP) is 5.45. The molecule has 0 bridgehead atoms. The lowest BCUT2D eigenvalue weighted by atomic mass is 10.0. The fraction of sp³-hybridized carbons (Fsp3) is 0.200. The van der Waals surface area contributed by atoms with Gasteiger partial charge >= 0.3 is 5.97 Å². The molecule has 6 heteroatoms. The van der Waals surface area contributed by atoms with Crippen LogP contribution in [0.3, 0.4) is 0 Å². The van der Waals surface area contributed by atoms with E-state index in [1.54, 1.807) is 31.4 Å². The van der Waals surface area contributed by atoms with Crippen molar-refractivity contribution < 1.29 is 19.4 Å². The van der Waals surface area contributed by atoms with Crippen LogP contribution in [0.5, 0.6) is 5.75 Å². The van der Waals surface area contributed by atoms with Crippen LogP contribution in [0.4, 0.5) is 0 Å². The van der Waals surface area contributed by atoms with E-state index in [0.717, 1.165) is 22.4 Å². The molecule has 0 aliphatic carbocycles. The van der Waals surface area contributed by atoms with E-state index in [9.17, 15) is 14.7 Å². The Labute approximate surface area is 185 Å². The number of likely N-dealkylation sites (tertiary alicyclic amines) is 1. The molecule has 1 N–H and O–H groups in total. The topological polar surface area (TPSA) is 66.8 Å². The molecule has 1 saturated heterocycles. The molecule has 1 fully saturated rings. The van der Waals surface area contributed by atoms with Crippen molar-refractivity contribution >= 4 is 23.5 Å². The number of ether oxygens (including phenoxy) is 1. The van der Waals surface area contributed by atoms with Gasteiger partial charge in [-0.15, -0.1) is 0 Å². The SMILES string of the molecule is COc1cccc(-c2cccc(C(=O)N3[C@@H](c4ccccc4Cl)CC[C@H]3C(=O)O)c2)c1. The number of aliphatic carboxylic acids is 1. The van der Waals surface area contributed by atoms with E-state index >= 15 is 0 Å². The van der Waals surface area contributed by atoms with E-state index in [-0.39, 0.29) is 11.9 Å². The van der Waals surface area contributed by atoms with E-state index in [0.29, 0.717) is 23.4 Å². The Morgan fingerprint density at radius 3 is 2.39 bits per heavy atom. The minimum Gasteiger partial charge on any atom is -0.497 e. The van der Waals surface area contributed by atoms with Crippen molar-refractivity contribution in [3.63, 3.8) is 0 Å². The highest BCUT2D eigenvalue weighted by Crippen LogP contribution is 2.40. The zero-order valence-corrected chi connectivity index (χ0v) is 17.8. The van der Waals surface area contributed by atoms with Crippen molar-refractivity contribution in [2.45, 2.75) is 24.9 Å². The first kappa shape index (κ1) is 20.9. The second kappa shape index (κ2) is 8.82. The summed E-state index contributed by atoms with van der Waals surface area (Å²) in [6.45, 7) is 0. The molecule has 0 unspecified atom stereocenters. The van der Waals surface area contributed by atoms with Crippen LogP contribution in [0.2, 0.25) is 5.02 Å². The third-order valence-electron chi connectivity index (χ3n) is 5.68. The maximum absolute atomic E-state index is 13.6. The van der Waals surface area contributed by atoms with Crippen LogP contribution in [-0.4, -0.2) is 35.0 Å². The molecule has 0 spiro atoms. The summed E-state index contributed by atoms with van der Waals surface area (Å²) in [5.41, 5.74) is 2.97. The first-order chi connectivity index (χ1) is 15.0. The van der Waals surface area contributed by atoms with Gasteiger partial charge in [0.05, 0.1) is 13.2 Å². The lowest BCUT2D eigenvalue weighted by Gasteiger charge is -2.29. The Kier molecular flexibility index (Phi) is 5.96. The highest BCUT2D eigenvalue weighted by atomic mass is 35.5. The first-order valence-electron chi connectivity index (χ1n) is 10.0. The molecule has 0 saturated carbocycles. The van der Waals surface area contributed by atoms with Crippen LogP contribution in [0.25, 0.3) is 11.1 Å². The molecule has 3 aromatic carbocycles. The zero-order chi connectivity index (χ0) is 22.0. The molecule has 1 heterocycles. The normalized spacial score (nSPS) is 18.1. The van der Waals surface area contributed by atoms with Crippen LogP contribution in [0, 0.1) is 0 Å². The Bertz CT molecular complexity index is 1130. The maximum Gasteiger partial charge on any atom is 0.326 e. The molecular formula is C25H22ClNO4. The monoisotopic (exact) mass is 435 g/mol. The number of carbonyl (C=O) groups excluding carboxylic acids is 1. The van der Waals surface area contributed by atoms with Gasteiger partial charge in [-0.05, 0) is 59.9 Å². The van der Waals surface area contributed by atoms with Crippen LogP contribution >= 0.6 is 11.6 Å². The summed E-state index contributed by atoms with van der Waals surface area (Å²) in [4.78, 5) is 27.0. The van der Waals surface area contributed by atoms with Gasteiger partial charge in [-0.1, -0.05) is 54.1 Å². The van der Waals surface area contributed by atoms with Crippen molar-refractivity contribution in [2.75, 3.05) is 7.11 Å². The van der Waals surface area contributed by atoms with Gasteiger partial charge in [0, 0.05) is 10.6 Å². The number of hydrogen-bond acceptors (Lipinski definition) is 3. The Morgan fingerprint density at radius 2 is 1.68 bits per heavy atom. The number of methoxy groups -OCH3 is 1. The van der Waals surface area contributed by atoms with Crippen molar-refractivity contribution in [3.05, 3.63) is 88.9 Å². The average Bonchev–Trinajstić information content (AvgIpc) is 3.24. The molecule has 3 aromatic rings. The van der Waals surface area contributed by atoms with Crippen LogP contribution < -0.4 is 4.74 Å². The number of rotatable bonds is 5. The van der Waals surface area contributed by atoms with Gasteiger partial charge in [-0.2, -0.15) is 0 Å². The van der Waals surface area contributed by atoms with Gasteiger partial charge in [0.2, 0.25) is 0 Å². The van der Waals surface area contributed by atoms with Crippen molar-refractivity contribution in [3.8, 4) is 16.9 Å². The number of nitrogens with zero attached hydrogens (tertiary/aromatic N) is 1. The summed E-state index contributed by atoms with van der Waals surface area (Å²) in [7, 11) is 1.60. The molecule has 4 rings (SSSR count). The minimum absolute atomic E-state index is 0.320. The summed E-state index contributed by atoms with van der Waals surface area (Å²) < 4.78 is 5.30. The van der Waals surface area contributed by atoms with Gasteiger partial charge in [0.15, 0.2) is 0 Å². The van der Waals surface area contributed by atoms with Crippen LogP contribution in [0.15, 0.2) is 72.8 Å². The van der Waals surface area contributed by atoms with Gasteiger partial charge in [-0.25, -0.2) is 4.79 Å². The summed E-state index contributed by atoms with van der Waals surface area (Å²) in [5.74, 6) is -0.607. The first-order valence-corrected chi connectivity index (χ1v) is 10.4. The lowest BCUT2D eigenvalue weighted by Crippen LogP contribution is -2.41. The summed E-state index contributed by atoms with van der Waals surface area (Å²) >= 11 is 6.38. The van der Waals surface area contributed by atoms with Crippen LogP contribution in [0.1, 0.15) is 34.8 Å². The zero-order valence-electron chi connectivity index (χ0n) is 17.0. The van der Waals surface area contributed by atoms with Gasteiger partial charge in [0.1, 0.15) is 11.8 Å². The highest BCUT2D eigenvalue weighted by molar-refractivity contribution is 6.31. The quantitative estimate of drug-likeness (QED) is 0.579. The fourth-order valence-electron chi connectivity index (χ4n) is 4.17. The number of carbonyl (C=O) groups is 2. The van der Waals surface area contributed by atoms with E-state index in [1.165, 1.54) is 4.90 Å². The summed E-state index contributed by atoms with van der Waals surface area (Å²) in [5, 5.41) is 10.3. The molecule has 5 nitrogen and oxygen atoms in total. The van der Waals surface area contributed by atoms with Crippen LogP contribution in [-0.2, 0) is 4.79 Å². The third-order valence-corrected chi connectivity index (χ3v) is 6.03. The molecule has 1 aliphatic heterocycles. The summed E-state index contributed by atoms with van der Waals surface area (Å²) in [6.07, 6.45) is 0.925. The maximum atomic E-state index is 13.6. The molecule has 31 heavy (non-hydrogen) atoms. The third kappa shape index (κ3) is 4.14. The number of carboxylic acid groups (broad SMARTS) is 1. The number of carboxylic acids is 1. The summed E-state index contributed by atoms with van der Waals surface area (Å²) in [6, 6.07) is 20.8. The molecule has 0 aromatic heterocycles. The Balaban J connectivity index is 1.72. The molecular weight excluding hydrogens is 414 g/mol. The number of halogens is 1. The van der Waals surface area contributed by atoms with E-state index < -0.39 is 12.0 Å². The molecule has 158 valence electrons. The van der Waals surface area contributed by atoms with E-state index in [1.807, 2.05) is 48.5 Å². The minimum atomic E-state index is -1.01. The Hall–Kier alpha value is -3.31. The van der Waals surface area contributed by atoms with E-state index in [2.05, 4.69) is 0 Å². The highest BCUT2D eigenvalue weighted by Gasteiger charge is 2.42. The largest absolute Gasteiger partial charge is 0.497 e. The second-order valence-electron chi connectivity index (χ2n) is 7.49. The molecule has 0 radical (unpaired) electrons. The second-order valence-corrected chi connectivity index (χ2v) is 7.90. The molecule has 1 amide bonds. The lowest BCUT2D eigenvalue weighted by molar-refractivity contribution is -0.141. The predicted molar refractivity (Wildman–Crippen MR) is 119 cm³/mol. The number of benzene rings is 3. The van der Waals surface area contributed by atoms with E-state index in [4.69, 9.17) is 16.3 Å². The molecule has 2 atom stereocenters. The number of hydrogen-bond donors (Lipinski definition) is 1. The molecule has 1 aliphatic rings. The smallest absolute Gasteiger partial charge is 0.326 e. The Morgan fingerprint density at radius 1 is 0.968 bits per heavy atom. The van der Waals surface area contributed by atoms with Crippen molar-refractivity contribution in [2.24, 2.45) is 0 Å². The van der Waals surface area contributed by atoms with Gasteiger partial charge < -0.3 is 14.7 Å². The standard InChI is InChI=1S/C25H22ClNO4/c1-31-19-9-5-7-17(15-19)16-6-4-8-18(14-16)24(28)27-22(12-13-23(27)25(29)30)20-10-2-3-11-21(20)26/h2-11,14-15,22-23H,12-13H2,1H3,(H,29,30)/t22-,23+/m1/s1. The van der Waals surface area contributed by atoms with Gasteiger partial charge in [-0.3, -0.25) is 4.79 Å². The average molecular weight is 436 g/mol. The van der Waals surface area contributed by atoms with Crippen molar-refractivity contribution in [1.82, 2.24) is 4.90 Å². The fourth-order valence-corrected chi connectivity index (χ4v) is 4.43. The van der Waals surface area contributed by atoms with Crippen molar-refractivity contribution in [1.29, 1.82) is 0 Å². The number of amides is 1.